The zero-order chi connectivity index (χ0) is 29.2. The maximum absolute atomic E-state index is 13.5. The van der Waals surface area contributed by atoms with Gasteiger partial charge in [0.25, 0.3) is 0 Å². The molecule has 1 saturated carbocycles. The van der Waals surface area contributed by atoms with Crippen molar-refractivity contribution in [2.45, 2.75) is 76.0 Å². The van der Waals surface area contributed by atoms with Gasteiger partial charge in [0.15, 0.2) is 0 Å². The lowest BCUT2D eigenvalue weighted by Gasteiger charge is -2.35. The van der Waals surface area contributed by atoms with E-state index in [-0.39, 0.29) is 29.8 Å². The van der Waals surface area contributed by atoms with Gasteiger partial charge < -0.3 is 16.2 Å². The smallest absolute Gasteiger partial charge is 0.404 e. The van der Waals surface area contributed by atoms with E-state index in [1.54, 1.807) is 0 Å². The van der Waals surface area contributed by atoms with Crippen LogP contribution in [0.3, 0.4) is 0 Å². The number of halogens is 6. The molecule has 1 aliphatic carbocycles. The van der Waals surface area contributed by atoms with E-state index in [1.165, 1.54) is 0 Å². The molecule has 39 heavy (non-hydrogen) atoms. The standard InChI is InChI=1S/C22H30F6N6O2S.C2H6/c23-21(24,25)13-30-10-15(9-29)19-18(22(26,27)28)11-31-20(33-19)32-16-4-6-34(7-5-16)37(36)17-3-1-2-14(8-17)12-35;1-2/h9-11,14,16-17,35H,1-8,12-13,29H2,(H,31,32,33);1-2H3/b15-9+,30-10?;. The number of hydrogen-bond donors (Lipinski definition) is 3. The minimum atomic E-state index is -4.87. The highest BCUT2D eigenvalue weighted by molar-refractivity contribution is 7.83. The first kappa shape index (κ1) is 32.9. The third kappa shape index (κ3) is 10.0. The number of allylic oxidation sites excluding steroid dienone is 1. The summed E-state index contributed by atoms with van der Waals surface area (Å²) in [6.07, 6.45) is -3.15. The summed E-state index contributed by atoms with van der Waals surface area (Å²) < 4.78 is 92.7. The highest BCUT2D eigenvalue weighted by atomic mass is 32.2. The Morgan fingerprint density at radius 2 is 1.87 bits per heavy atom. The molecule has 0 aromatic carbocycles. The number of alkyl halides is 6. The molecule has 3 unspecified atom stereocenters. The van der Waals surface area contributed by atoms with Gasteiger partial charge in [0.1, 0.15) is 12.1 Å². The summed E-state index contributed by atoms with van der Waals surface area (Å²) in [4.78, 5) is 10.8. The van der Waals surface area contributed by atoms with Crippen molar-refractivity contribution < 1.29 is 35.7 Å². The fourth-order valence-corrected chi connectivity index (χ4v) is 6.27. The molecule has 2 aliphatic rings. The maximum Gasteiger partial charge on any atom is 0.419 e. The first-order valence-corrected chi connectivity index (χ1v) is 14.0. The fourth-order valence-electron chi connectivity index (χ4n) is 4.47. The van der Waals surface area contributed by atoms with Crippen LogP contribution in [0.1, 0.15) is 63.6 Å². The molecule has 0 radical (unpaired) electrons. The second-order valence-corrected chi connectivity index (χ2v) is 10.9. The van der Waals surface area contributed by atoms with Crippen LogP contribution in [-0.2, 0) is 17.2 Å². The first-order valence-electron chi connectivity index (χ1n) is 12.9. The van der Waals surface area contributed by atoms with Crippen LogP contribution in [0.4, 0.5) is 32.3 Å². The molecular weight excluding hydrogens is 550 g/mol. The van der Waals surface area contributed by atoms with Crippen molar-refractivity contribution >= 4 is 28.7 Å². The first-order chi connectivity index (χ1) is 18.4. The Morgan fingerprint density at radius 1 is 1.21 bits per heavy atom. The number of aliphatic imine (C=N–C) groups is 1. The molecule has 1 aromatic rings. The number of nitrogens with one attached hydrogen (secondary N) is 1. The quantitative estimate of drug-likeness (QED) is 0.304. The van der Waals surface area contributed by atoms with Crippen LogP contribution in [0.5, 0.6) is 0 Å². The molecule has 4 N–H and O–H groups in total. The Morgan fingerprint density at radius 3 is 2.44 bits per heavy atom. The number of nitrogens with two attached hydrogens (primary N) is 1. The molecule has 0 spiro atoms. The molecule has 0 bridgehead atoms. The average molecular weight is 587 g/mol. The number of aliphatic hydroxyl groups excluding tert-OH is 1. The lowest BCUT2D eigenvalue weighted by atomic mass is 9.90. The molecular formula is C24H36F6N6O2S. The van der Waals surface area contributed by atoms with E-state index in [1.807, 2.05) is 18.2 Å². The second-order valence-electron chi connectivity index (χ2n) is 9.12. The number of nitrogens with zero attached hydrogens (tertiary/aromatic N) is 4. The monoisotopic (exact) mass is 586 g/mol. The van der Waals surface area contributed by atoms with Crippen molar-refractivity contribution in [2.75, 3.05) is 31.6 Å². The summed E-state index contributed by atoms with van der Waals surface area (Å²) in [5, 5.41) is 12.4. The van der Waals surface area contributed by atoms with E-state index in [0.717, 1.165) is 19.3 Å². The summed E-state index contributed by atoms with van der Waals surface area (Å²) in [5.41, 5.74) is 3.02. The van der Waals surface area contributed by atoms with Gasteiger partial charge in [0.2, 0.25) is 5.95 Å². The van der Waals surface area contributed by atoms with Crippen molar-refractivity contribution in [1.29, 1.82) is 0 Å². The minimum Gasteiger partial charge on any atom is -0.404 e. The lowest BCUT2D eigenvalue weighted by molar-refractivity contribution is -0.138. The third-order valence-electron chi connectivity index (χ3n) is 6.37. The predicted octanol–water partition coefficient (Wildman–Crippen LogP) is 4.55. The number of rotatable bonds is 8. The van der Waals surface area contributed by atoms with Crippen molar-refractivity contribution in [2.24, 2.45) is 16.6 Å². The number of anilines is 1. The Kier molecular flexibility index (Phi) is 12.6. The van der Waals surface area contributed by atoms with Crippen molar-refractivity contribution in [3.05, 3.63) is 23.7 Å². The lowest BCUT2D eigenvalue weighted by Crippen LogP contribution is -2.44. The number of piperidine rings is 1. The van der Waals surface area contributed by atoms with Crippen molar-refractivity contribution in [3.63, 3.8) is 0 Å². The highest BCUT2D eigenvalue weighted by Gasteiger charge is 2.36. The van der Waals surface area contributed by atoms with Crippen LogP contribution in [0.25, 0.3) is 5.57 Å². The molecule has 2 fully saturated rings. The van der Waals surface area contributed by atoms with Gasteiger partial charge in [-0.1, -0.05) is 20.3 Å². The average Bonchev–Trinajstić information content (AvgIpc) is 2.91. The van der Waals surface area contributed by atoms with Crippen molar-refractivity contribution in [3.8, 4) is 0 Å². The van der Waals surface area contributed by atoms with Gasteiger partial charge in [-0.15, -0.1) is 0 Å². The van der Waals surface area contributed by atoms with E-state index >= 15 is 0 Å². The Labute approximate surface area is 226 Å². The third-order valence-corrected chi connectivity index (χ3v) is 8.24. The van der Waals surface area contributed by atoms with Crippen LogP contribution >= 0.6 is 0 Å². The van der Waals surface area contributed by atoms with E-state index < -0.39 is 46.7 Å². The van der Waals surface area contributed by atoms with Gasteiger partial charge >= 0.3 is 12.4 Å². The molecule has 0 amide bonds. The summed E-state index contributed by atoms with van der Waals surface area (Å²) in [5.74, 6) is 0.0306. The van der Waals surface area contributed by atoms with Crippen molar-refractivity contribution in [1.82, 2.24) is 14.3 Å². The van der Waals surface area contributed by atoms with Crippen LogP contribution < -0.4 is 11.1 Å². The van der Waals surface area contributed by atoms with Crippen LogP contribution in [0.2, 0.25) is 0 Å². The minimum absolute atomic E-state index is 0.00306. The Balaban J connectivity index is 0.00000260. The van der Waals surface area contributed by atoms with E-state index in [0.29, 0.717) is 51.0 Å². The van der Waals surface area contributed by atoms with Gasteiger partial charge in [-0.05, 0) is 38.0 Å². The van der Waals surface area contributed by atoms with Gasteiger partial charge in [-0.3, -0.25) is 4.99 Å². The van der Waals surface area contributed by atoms with Gasteiger partial charge in [-0.25, -0.2) is 18.5 Å². The summed E-state index contributed by atoms with van der Waals surface area (Å²) >= 11 is 0. The molecule has 2 heterocycles. The Hall–Kier alpha value is -2.26. The number of aliphatic hydroxyl groups is 1. The molecule has 222 valence electrons. The molecule has 8 nitrogen and oxygen atoms in total. The van der Waals surface area contributed by atoms with Gasteiger partial charge in [0.05, 0.1) is 16.7 Å². The SMILES string of the molecule is CC.N/C=C(\C=NCC(F)(F)F)c1nc(NC2CCN(S(=O)C3CCCC(CO)C3)CC2)ncc1C(F)(F)F. The molecule has 1 aliphatic heterocycles. The number of aromatic nitrogens is 2. The van der Waals surface area contributed by atoms with Crippen LogP contribution in [-0.4, -0.2) is 73.5 Å². The summed E-state index contributed by atoms with van der Waals surface area (Å²) in [7, 11) is -1.19. The normalized spacial score (nSPS) is 22.8. The molecule has 3 rings (SSSR count). The zero-order valence-electron chi connectivity index (χ0n) is 21.9. The van der Waals surface area contributed by atoms with Crippen LogP contribution in [0.15, 0.2) is 17.4 Å². The molecule has 1 saturated heterocycles. The van der Waals surface area contributed by atoms with Gasteiger partial charge in [-0.2, -0.15) is 26.3 Å². The summed E-state index contributed by atoms with van der Waals surface area (Å²) in [6.45, 7) is 3.50. The fraction of sp³-hybridized carbons (Fsp3) is 0.708. The van der Waals surface area contributed by atoms with E-state index in [2.05, 4.69) is 20.3 Å². The number of hydrogen-bond acceptors (Lipinski definition) is 7. The highest BCUT2D eigenvalue weighted by Crippen LogP contribution is 2.34. The maximum atomic E-state index is 13.5. The van der Waals surface area contributed by atoms with E-state index in [4.69, 9.17) is 5.73 Å². The Bertz CT molecular complexity index is 996. The zero-order valence-corrected chi connectivity index (χ0v) is 22.7. The molecule has 1 aromatic heterocycles. The topological polar surface area (TPSA) is 117 Å². The summed E-state index contributed by atoms with van der Waals surface area (Å²) in [6, 6.07) is -0.210. The molecule has 3 atom stereocenters. The van der Waals surface area contributed by atoms with E-state index in [9.17, 15) is 35.7 Å². The largest absolute Gasteiger partial charge is 0.419 e. The predicted molar refractivity (Wildman–Crippen MR) is 139 cm³/mol. The van der Waals surface area contributed by atoms with Crippen LogP contribution in [0, 0.1) is 5.92 Å². The van der Waals surface area contributed by atoms with Gasteiger partial charge in [0, 0.05) is 55.2 Å². The molecule has 15 heteroatoms. The second kappa shape index (κ2) is 14.9.